The molecule has 1 unspecified atom stereocenters. The molecule has 0 spiro atoms. The van der Waals surface area contributed by atoms with Gasteiger partial charge in [0.25, 0.3) is 0 Å². The van der Waals surface area contributed by atoms with Gasteiger partial charge in [-0.15, -0.1) is 0 Å². The SMILES string of the molecule is Cc1cc[n+](C)c(-c2cc3oc4cc5ccccc5cc4c3cc2C)c1.[2H]C([2H])(C)c1cc[n+](C)c(-c2cc3oc4cc5ccccc5cc4c3cc2C)c1.[2H]C([2H])([2H])C([2H])(C)c1cc[n+](C)c(-c2cc3oc4cc5ccccc5cc4c3cc2C)c1. The standard InChI is InChI=1S/C26H24NO.C25H22NO.C24H20NO/c1-16(2)18-9-10-27(4)24(13-18)21-15-26-22(11-17(21)3)23-12-19-7-5-6-8-20(19)14-25(23)28-26;1-4-17-9-10-26(3)23(12-17)20-15-25-21(11-16(20)2)22-13-18-7-5-6-8-19(18)14-24(22)27-25;1-15-8-9-25(3)22(10-15)19-14-24-20(11-16(19)2)21-12-17-6-4-5-7-18(17)13-23(21)26-24/h5-16H,1-4H3;5-15H,4H2,1-3H3;4-14H,1-3H3/q3*+1/i1D3,16D;4D2;. The van der Waals surface area contributed by atoms with Crippen LogP contribution < -0.4 is 13.7 Å². The predicted molar refractivity (Wildman–Crippen MR) is 336 cm³/mol. The summed E-state index contributed by atoms with van der Waals surface area (Å²) in [5.41, 5.74) is 17.3. The number of nitrogens with zero attached hydrogens (tertiary/aromatic N) is 3. The number of hydrogen-bond acceptors (Lipinski definition) is 3. The van der Waals surface area contributed by atoms with Crippen molar-refractivity contribution in [3.63, 3.8) is 0 Å². The molecular formula is C75H66N3O3+3. The fourth-order valence-corrected chi connectivity index (χ4v) is 11.7. The lowest BCUT2D eigenvalue weighted by molar-refractivity contribution is -0.660. The Labute approximate surface area is 480 Å². The van der Waals surface area contributed by atoms with Gasteiger partial charge in [0.1, 0.15) is 54.6 Å². The summed E-state index contributed by atoms with van der Waals surface area (Å²) in [4.78, 5) is 0. The first-order chi connectivity index (χ1) is 41.5. The minimum Gasteiger partial charge on any atom is -0.456 e. The molecule has 6 heterocycles. The first kappa shape index (κ1) is 44.5. The number of rotatable bonds is 5. The van der Waals surface area contributed by atoms with Crippen molar-refractivity contribution in [3.8, 4) is 33.8 Å². The van der Waals surface area contributed by atoms with E-state index in [4.69, 9.17) is 21.5 Å². The second-order valence-electron chi connectivity index (χ2n) is 21.8. The van der Waals surface area contributed by atoms with Crippen LogP contribution in [-0.4, -0.2) is 0 Å². The zero-order valence-electron chi connectivity index (χ0n) is 53.1. The van der Waals surface area contributed by atoms with Crippen molar-refractivity contribution in [1.82, 2.24) is 0 Å². The van der Waals surface area contributed by atoms with Gasteiger partial charge < -0.3 is 13.3 Å². The van der Waals surface area contributed by atoms with Crippen molar-refractivity contribution in [2.45, 2.75) is 60.7 Å². The highest BCUT2D eigenvalue weighted by molar-refractivity contribution is 6.13. The molecule has 15 rings (SSSR count). The molecule has 0 aliphatic rings. The normalized spacial score (nSPS) is 13.9. The van der Waals surface area contributed by atoms with Gasteiger partial charge in [0.15, 0.2) is 18.6 Å². The number of aryl methyl sites for hydroxylation is 8. The second-order valence-corrected chi connectivity index (χ2v) is 21.8. The van der Waals surface area contributed by atoms with E-state index >= 15 is 0 Å². The molecule has 0 bridgehead atoms. The Hall–Kier alpha value is -9.39. The largest absolute Gasteiger partial charge is 0.456 e. The van der Waals surface area contributed by atoms with Crippen molar-refractivity contribution >= 4 is 98.1 Å². The molecule has 0 amide bonds. The molecule has 396 valence electrons. The van der Waals surface area contributed by atoms with E-state index in [1.54, 1.807) is 13.0 Å². The Morgan fingerprint density at radius 1 is 0.407 bits per heavy atom. The van der Waals surface area contributed by atoms with E-state index in [9.17, 15) is 0 Å². The lowest BCUT2D eigenvalue weighted by Gasteiger charge is -2.09. The zero-order chi connectivity index (χ0) is 61.0. The molecule has 0 radical (unpaired) electrons. The van der Waals surface area contributed by atoms with Gasteiger partial charge in [-0.1, -0.05) is 93.5 Å². The van der Waals surface area contributed by atoms with Gasteiger partial charge in [0.2, 0.25) is 17.1 Å². The Morgan fingerprint density at radius 3 is 1.14 bits per heavy atom. The van der Waals surface area contributed by atoms with E-state index in [2.05, 4.69) is 172 Å². The van der Waals surface area contributed by atoms with Crippen LogP contribution in [0.1, 0.15) is 68.2 Å². The zero-order valence-corrected chi connectivity index (χ0v) is 47.1. The summed E-state index contributed by atoms with van der Waals surface area (Å²) in [6.07, 6.45) is 4.46. The smallest absolute Gasteiger partial charge is 0.212 e. The molecule has 6 nitrogen and oxygen atoms in total. The third-order valence-electron chi connectivity index (χ3n) is 16.2. The molecular weight excluding hydrogens is 991 g/mol. The van der Waals surface area contributed by atoms with Gasteiger partial charge in [-0.25, -0.2) is 13.7 Å². The molecule has 0 aliphatic heterocycles. The maximum Gasteiger partial charge on any atom is 0.212 e. The van der Waals surface area contributed by atoms with Gasteiger partial charge in [-0.2, -0.15) is 0 Å². The summed E-state index contributed by atoms with van der Waals surface area (Å²) in [6.45, 7) is 9.06. The summed E-state index contributed by atoms with van der Waals surface area (Å²) in [6, 6.07) is 62.4. The number of fused-ring (bicyclic) bond motifs is 12. The van der Waals surface area contributed by atoms with Crippen molar-refractivity contribution in [2.75, 3.05) is 0 Å². The Bertz CT molecular complexity index is 5280. The Morgan fingerprint density at radius 2 is 0.741 bits per heavy atom. The fraction of sp³-hybridized carbons (Fsp3) is 0.160. The highest BCUT2D eigenvalue weighted by Crippen LogP contribution is 2.39. The number of hydrogen-bond donors (Lipinski definition) is 0. The molecule has 9 aromatic carbocycles. The van der Waals surface area contributed by atoms with Crippen LogP contribution in [-0.2, 0) is 27.5 Å². The lowest BCUT2D eigenvalue weighted by atomic mass is 9.97. The minimum atomic E-state index is -2.43. The Kier molecular flexibility index (Phi) is 11.2. The summed E-state index contributed by atoms with van der Waals surface area (Å²) >= 11 is 0. The number of pyridine rings is 3. The third-order valence-corrected chi connectivity index (χ3v) is 16.2. The van der Waals surface area contributed by atoms with Crippen LogP contribution >= 0.6 is 0 Å². The van der Waals surface area contributed by atoms with Crippen molar-refractivity contribution in [2.24, 2.45) is 21.1 Å². The third kappa shape index (κ3) is 9.34. The highest BCUT2D eigenvalue weighted by Gasteiger charge is 2.21. The molecule has 0 fully saturated rings. The number of aromatic nitrogens is 3. The van der Waals surface area contributed by atoms with E-state index in [0.29, 0.717) is 11.1 Å². The summed E-state index contributed by atoms with van der Waals surface area (Å²) < 4.78 is 72.9. The van der Waals surface area contributed by atoms with Crippen molar-refractivity contribution in [1.29, 1.82) is 0 Å². The quantitative estimate of drug-likeness (QED) is 0.161. The van der Waals surface area contributed by atoms with E-state index in [1.165, 1.54) is 67.0 Å². The predicted octanol–water partition coefficient (Wildman–Crippen LogP) is 18.6. The fourth-order valence-electron chi connectivity index (χ4n) is 11.7. The first-order valence-electron chi connectivity index (χ1n) is 30.5. The van der Waals surface area contributed by atoms with Crippen LogP contribution in [0.2, 0.25) is 0 Å². The van der Waals surface area contributed by atoms with Gasteiger partial charge in [0.05, 0.1) is 16.7 Å². The van der Waals surface area contributed by atoms with Gasteiger partial charge in [0, 0.05) is 76.9 Å². The van der Waals surface area contributed by atoms with Gasteiger partial charge >= 0.3 is 0 Å². The minimum absolute atomic E-state index is 0.459. The molecule has 6 heteroatoms. The molecule has 1 atom stereocenters. The summed E-state index contributed by atoms with van der Waals surface area (Å²) in [5.74, 6) is -1.70. The maximum atomic E-state index is 8.49. The number of benzene rings is 9. The first-order valence-corrected chi connectivity index (χ1v) is 27.5. The molecule has 6 aromatic heterocycles. The average Bonchev–Trinajstić information content (AvgIpc) is 2.10. The number of furan rings is 3. The van der Waals surface area contributed by atoms with Crippen LogP contribution in [0.4, 0.5) is 0 Å². The summed E-state index contributed by atoms with van der Waals surface area (Å²) in [7, 11) is 5.99. The van der Waals surface area contributed by atoms with Crippen molar-refractivity contribution < 1.29 is 35.2 Å². The van der Waals surface area contributed by atoms with Gasteiger partial charge in [-0.3, -0.25) is 0 Å². The molecule has 0 N–H and O–H groups in total. The molecule has 15 aromatic rings. The second kappa shape index (κ2) is 20.4. The topological polar surface area (TPSA) is 51.1 Å². The van der Waals surface area contributed by atoms with E-state index in [0.717, 1.165) is 94.1 Å². The van der Waals surface area contributed by atoms with Crippen LogP contribution in [0.15, 0.2) is 214 Å². The van der Waals surface area contributed by atoms with E-state index in [-0.39, 0.29) is 0 Å². The van der Waals surface area contributed by atoms with Crippen molar-refractivity contribution in [3.05, 3.63) is 234 Å². The van der Waals surface area contributed by atoms with E-state index in [1.807, 2.05) is 85.0 Å². The van der Waals surface area contributed by atoms with Crippen LogP contribution in [0.5, 0.6) is 0 Å². The Balaban J connectivity index is 0.000000121. The van der Waals surface area contributed by atoms with Gasteiger partial charge in [-0.05, 0) is 178 Å². The molecule has 0 saturated carbocycles. The summed E-state index contributed by atoms with van der Waals surface area (Å²) in [5, 5.41) is 13.9. The van der Waals surface area contributed by atoms with E-state index < -0.39 is 19.1 Å². The van der Waals surface area contributed by atoms with Crippen LogP contribution in [0.25, 0.3) is 132 Å². The lowest BCUT2D eigenvalue weighted by Crippen LogP contribution is -2.30. The average molecular weight is 1060 g/mol. The van der Waals surface area contributed by atoms with Crippen LogP contribution in [0.3, 0.4) is 0 Å². The maximum absolute atomic E-state index is 8.49. The monoisotopic (exact) mass is 1060 g/mol. The molecule has 81 heavy (non-hydrogen) atoms. The molecule has 0 aliphatic carbocycles. The highest BCUT2D eigenvalue weighted by atomic mass is 16.3. The molecule has 0 saturated heterocycles. The van der Waals surface area contributed by atoms with Crippen LogP contribution in [0, 0.1) is 27.7 Å².